The molecule has 0 fully saturated rings. The Hall–Kier alpha value is -0.693. The van der Waals surface area contributed by atoms with E-state index in [1.165, 1.54) is 266 Å². The fraction of sp³-hybridized carbons (Fsp3) is 0.731. The molecule has 10 heteroatoms. The minimum absolute atomic E-state index is 0.671. The molecule has 4 aromatic rings. The zero-order chi connectivity index (χ0) is 55.0. The van der Waals surface area contributed by atoms with E-state index in [1.807, 2.05) is 32.5 Å². The lowest BCUT2D eigenvalue weighted by Gasteiger charge is -2.28. The van der Waals surface area contributed by atoms with Crippen molar-refractivity contribution in [1.82, 2.24) is 0 Å². The van der Waals surface area contributed by atoms with Crippen LogP contribution in [0.1, 0.15) is 254 Å². The monoisotopic (exact) mass is 1170 g/mol. The van der Waals surface area contributed by atoms with Crippen LogP contribution in [0.15, 0.2) is 60.9 Å². The second-order valence-electron chi connectivity index (χ2n) is 21.5. The number of hydrogen-bond acceptors (Lipinski definition) is 9. The third-order valence-electron chi connectivity index (χ3n) is 14.9. The summed E-state index contributed by atoms with van der Waals surface area (Å²) in [7, 11) is -2.47. The van der Waals surface area contributed by atoms with Crippen LogP contribution in [0.25, 0.3) is 32.3 Å². The van der Waals surface area contributed by atoms with Crippen molar-refractivity contribution in [3.8, 4) is 5.75 Å². The van der Waals surface area contributed by atoms with E-state index in [2.05, 4.69) is 118 Å². The van der Waals surface area contributed by atoms with Crippen molar-refractivity contribution in [2.24, 2.45) is 0 Å². The van der Waals surface area contributed by atoms with Gasteiger partial charge in [-0.05, 0) is 163 Å². The van der Waals surface area contributed by atoms with Crippen LogP contribution in [0.3, 0.4) is 0 Å². The van der Waals surface area contributed by atoms with Crippen LogP contribution in [0.4, 0.5) is 0 Å². The summed E-state index contributed by atoms with van der Waals surface area (Å²) in [6.45, 7) is 20.6. The smallest absolute Gasteiger partial charge is 0.492 e. The van der Waals surface area contributed by atoms with Crippen LogP contribution in [-0.4, -0.2) is 64.0 Å². The van der Waals surface area contributed by atoms with Crippen molar-refractivity contribution >= 4 is 99.9 Å². The highest BCUT2D eigenvalue weighted by atomic mass is 32.2. The Morgan fingerprint density at radius 2 is 0.545 bits per heavy atom. The molecule has 0 aliphatic carbocycles. The first kappa shape index (κ1) is 68.8. The Balaban J connectivity index is 1.44. The Labute approximate surface area is 496 Å². The van der Waals surface area contributed by atoms with Crippen LogP contribution in [-0.2, 0) is 13.3 Å². The molecule has 0 bridgehead atoms. The number of thioether (sulfide) groups is 5. The average Bonchev–Trinajstić information content (AvgIpc) is 3.49. The maximum Gasteiger partial charge on any atom is 0.500 e. The van der Waals surface area contributed by atoms with E-state index in [-0.39, 0.29) is 0 Å². The van der Waals surface area contributed by atoms with Gasteiger partial charge in [0.25, 0.3) is 0 Å². The molecule has 0 atom stereocenters. The zero-order valence-corrected chi connectivity index (χ0v) is 55.7. The highest BCUT2D eigenvalue weighted by Crippen LogP contribution is 2.47. The summed E-state index contributed by atoms with van der Waals surface area (Å²) in [5.74, 6) is 7.00. The minimum atomic E-state index is -2.47. The molecule has 0 radical (unpaired) electrons. The van der Waals surface area contributed by atoms with Crippen molar-refractivity contribution in [3.63, 3.8) is 0 Å². The molecule has 4 aromatic carbocycles. The first-order chi connectivity index (χ1) is 37.9. The lowest BCUT2D eigenvalue weighted by molar-refractivity contribution is 0.0706. The van der Waals surface area contributed by atoms with E-state index in [9.17, 15) is 0 Å². The molecule has 0 aliphatic rings. The quantitative estimate of drug-likeness (QED) is 0.0186. The van der Waals surface area contributed by atoms with Gasteiger partial charge in [-0.15, -0.1) is 58.8 Å². The molecule has 0 spiro atoms. The number of unbranched alkanes of at least 4 members (excludes halogenated alkanes) is 25. The van der Waals surface area contributed by atoms with E-state index < -0.39 is 8.80 Å². The molecular formula is C67H112O4S5Si. The van der Waals surface area contributed by atoms with Crippen LogP contribution >= 0.6 is 58.8 Å². The second kappa shape index (κ2) is 43.9. The topological polar surface area (TPSA) is 36.9 Å². The molecule has 0 unspecified atom stereocenters. The molecule has 4 rings (SSSR count). The minimum Gasteiger partial charge on any atom is -0.492 e. The summed E-state index contributed by atoms with van der Waals surface area (Å²) in [5.41, 5.74) is 0. The zero-order valence-electron chi connectivity index (χ0n) is 50.6. The van der Waals surface area contributed by atoms with Crippen molar-refractivity contribution < 1.29 is 18.0 Å². The Bertz CT molecular complexity index is 2070. The lowest BCUT2D eigenvalue weighted by Crippen LogP contribution is -2.45. The highest BCUT2D eigenvalue weighted by molar-refractivity contribution is 8.02. The fourth-order valence-electron chi connectivity index (χ4n) is 10.5. The van der Waals surface area contributed by atoms with Crippen molar-refractivity contribution in [2.75, 3.05) is 55.2 Å². The predicted octanol–water partition coefficient (Wildman–Crippen LogP) is 24.2. The summed E-state index contributed by atoms with van der Waals surface area (Å²) in [4.78, 5) is 7.27. The first-order valence-electron chi connectivity index (χ1n) is 32.2. The molecule has 0 aliphatic heterocycles. The fourth-order valence-corrected chi connectivity index (χ4v) is 18.8. The van der Waals surface area contributed by atoms with Gasteiger partial charge in [-0.3, -0.25) is 0 Å². The maximum atomic E-state index is 6.98. The third-order valence-corrected chi connectivity index (χ3v) is 24.0. The molecular weight excluding hydrogens is 1060 g/mol. The van der Waals surface area contributed by atoms with Gasteiger partial charge in [0.05, 0.1) is 11.5 Å². The average molecular weight is 1170 g/mol. The van der Waals surface area contributed by atoms with Gasteiger partial charge in [0.1, 0.15) is 5.75 Å². The van der Waals surface area contributed by atoms with Crippen LogP contribution < -0.4 is 4.74 Å². The summed E-state index contributed by atoms with van der Waals surface area (Å²) >= 11 is 10.5. The van der Waals surface area contributed by atoms with Crippen molar-refractivity contribution in [3.05, 3.63) is 36.4 Å². The number of ether oxygens (including phenoxy) is 1. The lowest BCUT2D eigenvalue weighted by atomic mass is 9.94. The SMILES string of the molecule is CCCCCSc1cc2c(cc1OCCCCCCCCCCCCCCCCCC[Si](OCC)(OCC)OCC)c1cc(SCCCCC)c(SCCCCC)cc1c1cc(SCCCCC)c(SCCCCC)cc21. The molecule has 4 nitrogen and oxygen atoms in total. The molecule has 0 saturated heterocycles. The summed E-state index contributed by atoms with van der Waals surface area (Å²) in [6.07, 6.45) is 40.4. The summed E-state index contributed by atoms with van der Waals surface area (Å²) in [5, 5.41) is 8.48. The number of fused-ring (bicyclic) bond motifs is 6. The van der Waals surface area contributed by atoms with E-state index >= 15 is 0 Å². The molecule has 77 heavy (non-hydrogen) atoms. The Morgan fingerprint density at radius 1 is 0.286 bits per heavy atom. The van der Waals surface area contributed by atoms with Crippen molar-refractivity contribution in [1.29, 1.82) is 0 Å². The standard InChI is InChI=1S/C67H112O4S5Si/c1-9-17-37-44-72-63-51-57-56(50-62(63)68-43-36-34-32-30-28-26-24-22-23-25-27-29-31-33-35-42-49-77(69-14-6,70-15-7)71-16-8)58-52-64(73-45-38-18-10-2)66(75-47-40-20-12-4)54-60(58)61-55-67(76-48-41-21-13-5)65(53-59(57)61)74-46-39-19-11-3/h50-55H,9-49H2,1-8H3. The number of rotatable bonds is 51. The predicted molar refractivity (Wildman–Crippen MR) is 355 cm³/mol. The Morgan fingerprint density at radius 3 is 0.844 bits per heavy atom. The van der Waals surface area contributed by atoms with Gasteiger partial charge in [0.15, 0.2) is 0 Å². The third kappa shape index (κ3) is 26.2. The molecule has 0 aromatic heterocycles. The van der Waals surface area contributed by atoms with Gasteiger partial charge in [0.2, 0.25) is 0 Å². The van der Waals surface area contributed by atoms with Gasteiger partial charge >= 0.3 is 8.80 Å². The van der Waals surface area contributed by atoms with E-state index in [0.717, 1.165) is 37.0 Å². The van der Waals surface area contributed by atoms with Crippen molar-refractivity contribution in [2.45, 2.75) is 285 Å². The van der Waals surface area contributed by atoms with Crippen LogP contribution in [0.5, 0.6) is 5.75 Å². The molecule has 0 amide bonds. The van der Waals surface area contributed by atoms with Gasteiger partial charge < -0.3 is 18.0 Å². The van der Waals surface area contributed by atoms with Crippen LogP contribution in [0.2, 0.25) is 6.04 Å². The van der Waals surface area contributed by atoms with E-state index in [4.69, 9.17) is 18.0 Å². The normalized spacial score (nSPS) is 12.1. The maximum absolute atomic E-state index is 6.98. The van der Waals surface area contributed by atoms with E-state index in [1.54, 1.807) is 0 Å². The molecule has 0 heterocycles. The molecule has 0 saturated carbocycles. The van der Waals surface area contributed by atoms with Gasteiger partial charge in [-0.2, -0.15) is 0 Å². The molecule has 438 valence electrons. The van der Waals surface area contributed by atoms with Gasteiger partial charge in [-0.1, -0.05) is 189 Å². The highest BCUT2D eigenvalue weighted by Gasteiger charge is 2.39. The van der Waals surface area contributed by atoms with Gasteiger partial charge in [0, 0.05) is 45.4 Å². The summed E-state index contributed by atoms with van der Waals surface area (Å²) < 4.78 is 25.1. The molecule has 0 N–H and O–H groups in total. The second-order valence-corrected chi connectivity index (χ2v) is 30.0. The summed E-state index contributed by atoms with van der Waals surface area (Å²) in [6, 6.07) is 16.5. The Kier molecular flexibility index (Phi) is 39.2. The largest absolute Gasteiger partial charge is 0.500 e. The van der Waals surface area contributed by atoms with E-state index in [0.29, 0.717) is 19.8 Å². The van der Waals surface area contributed by atoms with Crippen LogP contribution in [0, 0.1) is 0 Å². The first-order valence-corrected chi connectivity index (χ1v) is 39.0. The van der Waals surface area contributed by atoms with Gasteiger partial charge in [-0.25, -0.2) is 0 Å². The number of benzene rings is 4. The number of hydrogen-bond donors (Lipinski definition) is 0.